The number of para-hydroxylation sites is 1. The number of nitrogens with two attached hydrogens (primary N) is 1. The number of carbonyl (C=O) groups is 2. The third-order valence-electron chi connectivity index (χ3n) is 3.99. The number of benzene rings is 1. The smallest absolute Gasteiger partial charge is 0.255 e. The van der Waals surface area contributed by atoms with Crippen LogP contribution in [0.25, 0.3) is 0 Å². The van der Waals surface area contributed by atoms with E-state index in [1.54, 1.807) is 23.1 Å². The van der Waals surface area contributed by atoms with E-state index in [4.69, 9.17) is 5.73 Å². The van der Waals surface area contributed by atoms with Crippen LogP contribution in [-0.2, 0) is 6.42 Å². The minimum atomic E-state index is -0.0884. The maximum atomic E-state index is 12.6. The number of carbonyl (C=O) groups excluding carboxylic acids is 2. The van der Waals surface area contributed by atoms with Gasteiger partial charge in [-0.05, 0) is 37.6 Å². The Kier molecular flexibility index (Phi) is 5.68. The molecule has 1 heterocycles. The van der Waals surface area contributed by atoms with Crippen molar-refractivity contribution in [1.29, 1.82) is 0 Å². The summed E-state index contributed by atoms with van der Waals surface area (Å²) in [6.07, 6.45) is 0.590. The number of ketones is 1. The molecule has 0 aliphatic carbocycles. The summed E-state index contributed by atoms with van der Waals surface area (Å²) in [5.74, 6) is -0.135. The molecule has 1 amide bonds. The van der Waals surface area contributed by atoms with Crippen LogP contribution in [-0.4, -0.2) is 34.7 Å². The Morgan fingerprint density at radius 1 is 1.17 bits per heavy atom. The number of aryl methyl sites for hydroxylation is 1. The number of nitrogen functional groups attached to an aromatic ring is 1. The lowest BCUT2D eigenvalue weighted by molar-refractivity contribution is 0.0766. The number of rotatable bonds is 6. The molecule has 0 saturated carbocycles. The van der Waals surface area contributed by atoms with Crippen LogP contribution in [0.2, 0.25) is 0 Å². The minimum Gasteiger partial charge on any atom is -0.398 e. The molecule has 0 unspecified atom stereocenters. The van der Waals surface area contributed by atoms with E-state index in [0.29, 0.717) is 36.5 Å². The van der Waals surface area contributed by atoms with Gasteiger partial charge in [0.05, 0.1) is 5.56 Å². The molecule has 0 radical (unpaired) electrons. The number of amides is 1. The molecular weight excluding hydrogens is 302 g/mol. The summed E-state index contributed by atoms with van der Waals surface area (Å²) in [5.41, 5.74) is 9.05. The highest BCUT2D eigenvalue weighted by Crippen LogP contribution is 2.14. The molecule has 2 aromatic rings. The van der Waals surface area contributed by atoms with Gasteiger partial charge in [-0.25, -0.2) is 4.98 Å². The summed E-state index contributed by atoms with van der Waals surface area (Å²) in [6, 6.07) is 10.9. The third-order valence-corrected chi connectivity index (χ3v) is 3.99. The monoisotopic (exact) mass is 325 g/mol. The van der Waals surface area contributed by atoms with Gasteiger partial charge < -0.3 is 10.6 Å². The van der Waals surface area contributed by atoms with Crippen LogP contribution in [0.3, 0.4) is 0 Å². The van der Waals surface area contributed by atoms with Crippen LogP contribution in [0.4, 0.5) is 5.69 Å². The molecule has 2 N–H and O–H groups in total. The highest BCUT2D eigenvalue weighted by atomic mass is 16.2. The first-order valence-corrected chi connectivity index (χ1v) is 8.05. The van der Waals surface area contributed by atoms with E-state index in [-0.39, 0.29) is 11.7 Å². The molecule has 0 saturated heterocycles. The van der Waals surface area contributed by atoms with Crippen molar-refractivity contribution >= 4 is 17.4 Å². The average molecular weight is 325 g/mol. The zero-order valence-electron chi connectivity index (χ0n) is 14.4. The second-order valence-electron chi connectivity index (χ2n) is 5.75. The summed E-state index contributed by atoms with van der Waals surface area (Å²) in [5, 5.41) is 0. The molecule has 0 atom stereocenters. The minimum absolute atomic E-state index is 0.0465. The predicted octanol–water partition coefficient (Wildman–Crippen LogP) is 2.88. The quantitative estimate of drug-likeness (QED) is 0.654. The molecular formula is C19H23N3O2. The van der Waals surface area contributed by atoms with E-state index in [1.165, 1.54) is 6.92 Å². The van der Waals surface area contributed by atoms with Crippen molar-refractivity contribution in [2.45, 2.75) is 27.2 Å². The number of pyridine rings is 1. The second kappa shape index (κ2) is 7.73. The first-order valence-electron chi connectivity index (χ1n) is 8.05. The van der Waals surface area contributed by atoms with Gasteiger partial charge in [0.1, 0.15) is 5.69 Å². The van der Waals surface area contributed by atoms with Gasteiger partial charge in [-0.3, -0.25) is 9.59 Å². The standard InChI is InChI=1S/C19H23N3O2/c1-4-22(19(24)16-7-5-6-8-17(16)20)12-11-15-10-9-13(2)18(21-15)14(3)23/h5-10H,4,11-12,20H2,1-3H3. The van der Waals surface area contributed by atoms with Gasteiger partial charge in [-0.1, -0.05) is 18.2 Å². The lowest BCUT2D eigenvalue weighted by Crippen LogP contribution is -2.33. The van der Waals surface area contributed by atoms with Gasteiger partial charge in [-0.15, -0.1) is 0 Å². The van der Waals surface area contributed by atoms with E-state index in [9.17, 15) is 9.59 Å². The molecule has 1 aromatic heterocycles. The largest absolute Gasteiger partial charge is 0.398 e. The van der Waals surface area contributed by atoms with Gasteiger partial charge in [0.2, 0.25) is 0 Å². The van der Waals surface area contributed by atoms with Crippen LogP contribution < -0.4 is 5.73 Å². The van der Waals surface area contributed by atoms with E-state index in [0.717, 1.165) is 11.3 Å². The molecule has 0 aliphatic heterocycles. The van der Waals surface area contributed by atoms with Crippen LogP contribution >= 0.6 is 0 Å². The number of aromatic nitrogens is 1. The molecule has 0 aliphatic rings. The van der Waals surface area contributed by atoms with Crippen molar-refractivity contribution in [2.24, 2.45) is 0 Å². The molecule has 0 spiro atoms. The fourth-order valence-corrected chi connectivity index (χ4v) is 2.58. The SMILES string of the molecule is CCN(CCc1ccc(C)c(C(C)=O)n1)C(=O)c1ccccc1N. The van der Waals surface area contributed by atoms with Crippen LogP contribution in [0, 0.1) is 6.92 Å². The summed E-state index contributed by atoms with van der Waals surface area (Å²) in [6.45, 7) is 6.42. The van der Waals surface area contributed by atoms with E-state index in [1.807, 2.05) is 32.0 Å². The van der Waals surface area contributed by atoms with Crippen molar-refractivity contribution in [3.63, 3.8) is 0 Å². The van der Waals surface area contributed by atoms with Crippen molar-refractivity contribution in [3.8, 4) is 0 Å². The Hall–Kier alpha value is -2.69. The van der Waals surface area contributed by atoms with Crippen LogP contribution in [0.1, 0.15) is 46.0 Å². The lowest BCUT2D eigenvalue weighted by atomic mass is 10.1. The highest BCUT2D eigenvalue weighted by molar-refractivity contribution is 5.99. The topological polar surface area (TPSA) is 76.3 Å². The third kappa shape index (κ3) is 3.98. The average Bonchev–Trinajstić information content (AvgIpc) is 2.56. The maximum absolute atomic E-state index is 12.6. The lowest BCUT2D eigenvalue weighted by Gasteiger charge is -2.21. The van der Waals surface area contributed by atoms with Gasteiger partial charge in [0, 0.05) is 37.8 Å². The Morgan fingerprint density at radius 3 is 2.50 bits per heavy atom. The Labute approximate surface area is 142 Å². The fraction of sp³-hybridized carbons (Fsp3) is 0.316. The number of nitrogens with zero attached hydrogens (tertiary/aromatic N) is 2. The van der Waals surface area contributed by atoms with Gasteiger partial charge in [0.25, 0.3) is 5.91 Å². The summed E-state index contributed by atoms with van der Waals surface area (Å²) < 4.78 is 0. The Bertz CT molecular complexity index is 756. The van der Waals surface area contributed by atoms with Crippen molar-refractivity contribution in [3.05, 3.63) is 58.9 Å². The van der Waals surface area contributed by atoms with Crippen molar-refractivity contribution in [1.82, 2.24) is 9.88 Å². The number of likely N-dealkylation sites (N-methyl/N-ethyl adjacent to an activating group) is 1. The summed E-state index contributed by atoms with van der Waals surface area (Å²) >= 11 is 0. The number of Topliss-reactive ketones (excluding diaryl/α,β-unsaturated/α-hetero) is 1. The van der Waals surface area contributed by atoms with Crippen molar-refractivity contribution < 1.29 is 9.59 Å². The van der Waals surface area contributed by atoms with E-state index < -0.39 is 0 Å². The van der Waals surface area contributed by atoms with Crippen molar-refractivity contribution in [2.75, 3.05) is 18.8 Å². The second-order valence-corrected chi connectivity index (χ2v) is 5.75. The zero-order valence-corrected chi connectivity index (χ0v) is 14.4. The van der Waals surface area contributed by atoms with Crippen LogP contribution in [0.5, 0.6) is 0 Å². The summed E-state index contributed by atoms with van der Waals surface area (Å²) in [7, 11) is 0. The van der Waals surface area contributed by atoms with Crippen LogP contribution in [0.15, 0.2) is 36.4 Å². The first-order chi connectivity index (χ1) is 11.4. The molecule has 126 valence electrons. The Morgan fingerprint density at radius 2 is 1.88 bits per heavy atom. The molecule has 0 bridgehead atoms. The number of hydrogen-bond acceptors (Lipinski definition) is 4. The summed E-state index contributed by atoms with van der Waals surface area (Å²) in [4.78, 5) is 30.4. The molecule has 24 heavy (non-hydrogen) atoms. The molecule has 5 heteroatoms. The van der Waals surface area contributed by atoms with Gasteiger partial charge >= 0.3 is 0 Å². The number of hydrogen-bond donors (Lipinski definition) is 1. The molecule has 0 fully saturated rings. The maximum Gasteiger partial charge on any atom is 0.255 e. The Balaban J connectivity index is 2.12. The first kappa shape index (κ1) is 17.7. The molecule has 2 rings (SSSR count). The van der Waals surface area contributed by atoms with E-state index >= 15 is 0 Å². The molecule has 1 aromatic carbocycles. The predicted molar refractivity (Wildman–Crippen MR) is 95.1 cm³/mol. The number of anilines is 1. The normalized spacial score (nSPS) is 10.5. The van der Waals surface area contributed by atoms with E-state index in [2.05, 4.69) is 4.98 Å². The zero-order chi connectivity index (χ0) is 17.7. The van der Waals surface area contributed by atoms with Gasteiger partial charge in [0.15, 0.2) is 5.78 Å². The highest BCUT2D eigenvalue weighted by Gasteiger charge is 2.16. The molecule has 5 nitrogen and oxygen atoms in total. The fourth-order valence-electron chi connectivity index (χ4n) is 2.58. The van der Waals surface area contributed by atoms with Gasteiger partial charge in [-0.2, -0.15) is 0 Å².